The lowest BCUT2D eigenvalue weighted by Gasteiger charge is -2.38. The summed E-state index contributed by atoms with van der Waals surface area (Å²) in [5.41, 5.74) is -6.19. The van der Waals surface area contributed by atoms with Crippen LogP contribution < -0.4 is 10.6 Å². The summed E-state index contributed by atoms with van der Waals surface area (Å²) < 4.78 is 54.0. The molecule has 0 fully saturated rings. The van der Waals surface area contributed by atoms with Crippen molar-refractivity contribution in [1.82, 2.24) is 10.6 Å². The Morgan fingerprint density at radius 2 is 1.69 bits per heavy atom. The fraction of sp³-hybridized carbons (Fsp3) is 0.390. The summed E-state index contributed by atoms with van der Waals surface area (Å²) in [5, 5.41) is 26.3. The quantitative estimate of drug-likeness (QED) is 0.0852. The van der Waals surface area contributed by atoms with Crippen molar-refractivity contribution in [3.63, 3.8) is 0 Å². The fourth-order valence-corrected chi connectivity index (χ4v) is 6.01. The van der Waals surface area contributed by atoms with E-state index in [4.69, 9.17) is 9.47 Å². The van der Waals surface area contributed by atoms with Gasteiger partial charge in [0.2, 0.25) is 5.91 Å². The van der Waals surface area contributed by atoms with E-state index in [1.54, 1.807) is 6.08 Å². The Morgan fingerprint density at radius 1 is 1.02 bits per heavy atom. The smallest absolute Gasteiger partial charge is 0.432 e. The molecule has 4 atom stereocenters. The van der Waals surface area contributed by atoms with Gasteiger partial charge in [-0.3, -0.25) is 19.2 Å². The van der Waals surface area contributed by atoms with Crippen LogP contribution in [0.5, 0.6) is 0 Å². The Hall–Kier alpha value is -5.34. The maximum absolute atomic E-state index is 14.6. The van der Waals surface area contributed by atoms with Crippen LogP contribution in [0.2, 0.25) is 0 Å². The molecular weight excluding hydrogens is 721 g/mol. The monoisotopic (exact) mass is 768 g/mol. The molecule has 0 saturated heterocycles. The molecule has 0 radical (unpaired) electrons. The standard InChI is InChI=1S/C41H47F3N2O9/c1-6-7-15-26(2)22-27(3)23-28(4)37(51)45-30-25-39(53,21-14-9-8-13-18-35(50)46-36-31(47)19-20-32(36)48)34(24-33(30)49)55-38(52)40(54-5,41(42,43)44)29-16-11-10-12-17-29/h8-14,16-18,21-23,25-26,34,47,53H,6-7,15,19-20,24H2,1-5H3,(H,45,51)(H,46,50)/b9-8+,18-13+,21-14+,27-22+,28-23+/t26?,34-,39+,40-/m1/s1. The van der Waals surface area contributed by atoms with Gasteiger partial charge in [0.15, 0.2) is 11.6 Å². The van der Waals surface area contributed by atoms with Gasteiger partial charge in [0.25, 0.3) is 11.5 Å². The molecule has 0 heterocycles. The number of nitrogens with one attached hydrogen (secondary N) is 2. The molecule has 0 spiro atoms. The number of ether oxygens (including phenoxy) is 2. The minimum Gasteiger partial charge on any atom is -0.510 e. The van der Waals surface area contributed by atoms with Crippen LogP contribution in [0.4, 0.5) is 13.2 Å². The number of hydrogen-bond acceptors (Lipinski definition) is 9. The number of unbranched alkanes of at least 4 members (excludes halogenated alkanes) is 1. The highest BCUT2D eigenvalue weighted by molar-refractivity contribution is 6.05. The van der Waals surface area contributed by atoms with Gasteiger partial charge in [-0.25, -0.2) is 4.79 Å². The molecule has 4 N–H and O–H groups in total. The van der Waals surface area contributed by atoms with E-state index in [1.807, 2.05) is 13.0 Å². The van der Waals surface area contributed by atoms with Gasteiger partial charge in [0, 0.05) is 37.2 Å². The van der Waals surface area contributed by atoms with Crippen molar-refractivity contribution in [1.29, 1.82) is 0 Å². The van der Waals surface area contributed by atoms with Crippen LogP contribution in [0.1, 0.15) is 71.8 Å². The molecular formula is C41H47F3N2O9. The molecule has 3 rings (SSSR count). The van der Waals surface area contributed by atoms with Crippen LogP contribution >= 0.6 is 0 Å². The fourth-order valence-electron chi connectivity index (χ4n) is 6.01. The summed E-state index contributed by atoms with van der Waals surface area (Å²) in [6.45, 7) is 7.51. The number of aliphatic hydroxyl groups is 2. The Bertz CT molecular complexity index is 1840. The minimum absolute atomic E-state index is 0.0707. The first kappa shape index (κ1) is 44.1. The summed E-state index contributed by atoms with van der Waals surface area (Å²) >= 11 is 0. The Kier molecular flexibility index (Phi) is 15.5. The summed E-state index contributed by atoms with van der Waals surface area (Å²) in [6.07, 6.45) is 6.90. The van der Waals surface area contributed by atoms with Gasteiger partial charge in [-0.2, -0.15) is 13.2 Å². The third kappa shape index (κ3) is 11.3. The molecule has 2 aliphatic rings. The molecule has 0 bridgehead atoms. The molecule has 1 unspecified atom stereocenters. The third-order valence-electron chi connectivity index (χ3n) is 8.94. The molecule has 296 valence electrons. The molecule has 11 nitrogen and oxygen atoms in total. The second-order valence-electron chi connectivity index (χ2n) is 13.4. The normalized spacial score (nSPS) is 21.6. The number of methoxy groups -OCH3 is 1. The summed E-state index contributed by atoms with van der Waals surface area (Å²) in [5.74, 6) is -4.54. The van der Waals surface area contributed by atoms with E-state index in [0.29, 0.717) is 7.11 Å². The highest BCUT2D eigenvalue weighted by atomic mass is 19.4. The molecule has 0 aliphatic heterocycles. The van der Waals surface area contributed by atoms with Gasteiger partial charge in [0.1, 0.15) is 23.2 Å². The van der Waals surface area contributed by atoms with E-state index in [-0.39, 0.29) is 41.5 Å². The second-order valence-corrected chi connectivity index (χ2v) is 13.4. The van der Waals surface area contributed by atoms with Crippen LogP contribution in [0, 0.1) is 5.92 Å². The highest BCUT2D eigenvalue weighted by Gasteiger charge is 2.65. The van der Waals surface area contributed by atoms with E-state index < -0.39 is 64.8 Å². The van der Waals surface area contributed by atoms with Crippen LogP contribution in [-0.4, -0.2) is 64.6 Å². The zero-order valence-corrected chi connectivity index (χ0v) is 31.4. The molecule has 14 heteroatoms. The van der Waals surface area contributed by atoms with Crippen molar-refractivity contribution >= 4 is 29.4 Å². The number of benzene rings is 1. The van der Waals surface area contributed by atoms with E-state index in [2.05, 4.69) is 24.5 Å². The van der Waals surface area contributed by atoms with Crippen molar-refractivity contribution in [3.8, 4) is 0 Å². The maximum atomic E-state index is 14.6. The largest absolute Gasteiger partial charge is 0.510 e. The van der Waals surface area contributed by atoms with Crippen LogP contribution in [0.15, 0.2) is 113 Å². The van der Waals surface area contributed by atoms with Gasteiger partial charge in [-0.1, -0.05) is 99.1 Å². The first-order chi connectivity index (χ1) is 25.9. The number of esters is 1. The van der Waals surface area contributed by atoms with E-state index in [9.17, 15) is 47.4 Å². The first-order valence-electron chi connectivity index (χ1n) is 17.7. The maximum Gasteiger partial charge on any atom is 0.432 e. The molecule has 0 saturated carbocycles. The summed E-state index contributed by atoms with van der Waals surface area (Å²) in [6, 6.07) is 6.01. The number of ketones is 2. The van der Waals surface area contributed by atoms with Crippen molar-refractivity contribution in [2.24, 2.45) is 5.92 Å². The highest BCUT2D eigenvalue weighted by Crippen LogP contribution is 2.44. The van der Waals surface area contributed by atoms with Crippen molar-refractivity contribution < 1.29 is 56.8 Å². The van der Waals surface area contributed by atoms with Crippen molar-refractivity contribution in [2.75, 3.05) is 7.11 Å². The lowest BCUT2D eigenvalue weighted by atomic mass is 9.84. The zero-order chi connectivity index (χ0) is 41.0. The minimum atomic E-state index is -5.34. The first-order valence-corrected chi connectivity index (χ1v) is 17.7. The average molecular weight is 769 g/mol. The Labute approximate surface area is 318 Å². The predicted molar refractivity (Wildman–Crippen MR) is 198 cm³/mol. The Balaban J connectivity index is 1.94. The third-order valence-corrected chi connectivity index (χ3v) is 8.94. The van der Waals surface area contributed by atoms with E-state index in [0.717, 1.165) is 55.2 Å². The lowest BCUT2D eigenvalue weighted by Crippen LogP contribution is -2.56. The number of carbonyl (C=O) groups excluding carboxylic acids is 5. The number of carbonyl (C=O) groups is 5. The molecule has 55 heavy (non-hydrogen) atoms. The topological polar surface area (TPSA) is 168 Å². The van der Waals surface area contributed by atoms with Gasteiger partial charge >= 0.3 is 12.1 Å². The predicted octanol–water partition coefficient (Wildman–Crippen LogP) is 6.34. The average Bonchev–Trinajstić information content (AvgIpc) is 3.43. The van der Waals surface area contributed by atoms with Crippen LogP contribution in [-0.2, 0) is 39.0 Å². The Morgan fingerprint density at radius 3 is 2.29 bits per heavy atom. The number of rotatable bonds is 16. The molecule has 0 aromatic heterocycles. The molecule has 1 aromatic rings. The van der Waals surface area contributed by atoms with Gasteiger partial charge in [-0.15, -0.1) is 0 Å². The van der Waals surface area contributed by atoms with Crippen LogP contribution in [0.3, 0.4) is 0 Å². The molecule has 2 aliphatic carbocycles. The van der Waals surface area contributed by atoms with Crippen molar-refractivity contribution in [3.05, 3.63) is 119 Å². The SMILES string of the molecule is CCCCC(C)/C=C(C)/C=C(\C)C(=O)NC1=C[C@@](O)(/C=C/C=C/C=C/C(=O)NC2=C(O)CCC2=O)[C@H](OC(=O)[C@](OC)(c2ccccc2)C(F)(F)F)CC1=O. The van der Waals surface area contributed by atoms with Gasteiger partial charge in [-0.05, 0) is 38.3 Å². The lowest BCUT2D eigenvalue weighted by molar-refractivity contribution is -0.280. The number of allylic oxidation sites excluding steroid dienone is 10. The summed E-state index contributed by atoms with van der Waals surface area (Å²) in [7, 11) is 0.676. The number of aliphatic hydroxyl groups excluding tert-OH is 1. The number of amides is 2. The van der Waals surface area contributed by atoms with Crippen LogP contribution in [0.25, 0.3) is 0 Å². The number of Topliss-reactive ketones (excluding diaryl/α,β-unsaturated/α-hetero) is 2. The molecule has 1 aromatic carbocycles. The summed E-state index contributed by atoms with van der Waals surface area (Å²) in [4.78, 5) is 64.0. The number of alkyl halides is 3. The van der Waals surface area contributed by atoms with Crippen molar-refractivity contribution in [2.45, 2.75) is 89.7 Å². The number of hydrogen-bond donors (Lipinski definition) is 4. The number of halogens is 3. The van der Waals surface area contributed by atoms with E-state index >= 15 is 0 Å². The molecule has 2 amide bonds. The van der Waals surface area contributed by atoms with Gasteiger partial charge in [0.05, 0.1) is 12.1 Å². The second kappa shape index (κ2) is 19.3. The zero-order valence-electron chi connectivity index (χ0n) is 31.4. The van der Waals surface area contributed by atoms with E-state index in [1.165, 1.54) is 49.4 Å². The van der Waals surface area contributed by atoms with Gasteiger partial charge < -0.3 is 30.3 Å².